The molecule has 0 aliphatic heterocycles. The predicted octanol–water partition coefficient (Wildman–Crippen LogP) is -6.97. The van der Waals surface area contributed by atoms with Crippen molar-refractivity contribution in [3.8, 4) is 0 Å². The zero-order chi connectivity index (χ0) is 68.0. The van der Waals surface area contributed by atoms with Crippen molar-refractivity contribution in [3.05, 3.63) is 0 Å². The van der Waals surface area contributed by atoms with Gasteiger partial charge in [0.15, 0.2) is 0 Å². The minimum absolute atomic E-state index is 0.103. The van der Waals surface area contributed by atoms with Crippen LogP contribution in [0.25, 0.3) is 0 Å². The molecule has 0 saturated carbocycles. The van der Waals surface area contributed by atoms with E-state index in [1.165, 1.54) is 34.6 Å². The summed E-state index contributed by atoms with van der Waals surface area (Å²) in [5, 5.41) is 74.2. The average molecular weight is 1260 g/mol. The summed E-state index contributed by atoms with van der Waals surface area (Å²) in [5.41, 5.74) is 16.3. The first-order valence-electron chi connectivity index (χ1n) is 28.3. The van der Waals surface area contributed by atoms with E-state index in [-0.39, 0.29) is 12.3 Å². The number of primary amides is 2. The summed E-state index contributed by atoms with van der Waals surface area (Å²) < 4.78 is 0. The molecule has 0 fully saturated rings. The van der Waals surface area contributed by atoms with Crippen LogP contribution in [0.5, 0.6) is 0 Å². The maximum absolute atomic E-state index is 13.9. The number of carboxylic acids is 3. The summed E-state index contributed by atoms with van der Waals surface area (Å²) in [4.78, 5) is 206. The molecule has 0 aliphatic carbocycles. The lowest BCUT2D eigenvalue weighted by Gasteiger charge is -2.29. The van der Waals surface area contributed by atoms with E-state index in [2.05, 4.69) is 58.5 Å². The molecule has 0 bridgehead atoms. The van der Waals surface area contributed by atoms with Crippen molar-refractivity contribution in [3.63, 3.8) is 0 Å². The number of rotatable bonds is 42. The summed E-state index contributed by atoms with van der Waals surface area (Å²) in [5.74, 6) is -20.0. The van der Waals surface area contributed by atoms with Crippen molar-refractivity contribution in [1.29, 1.82) is 0 Å². The summed E-state index contributed by atoms with van der Waals surface area (Å²) in [6, 6.07) is -17.1. The maximum Gasteiger partial charge on any atom is 0.303 e. The van der Waals surface area contributed by atoms with Crippen LogP contribution in [0.3, 0.4) is 0 Å². The fourth-order valence-electron chi connectivity index (χ4n) is 8.01. The van der Waals surface area contributed by atoms with E-state index < -0.39 is 250 Å². The molecule has 0 aromatic rings. The molecule has 22 N–H and O–H groups in total. The smallest absolute Gasteiger partial charge is 0.303 e. The Morgan fingerprint density at radius 2 is 0.693 bits per heavy atom. The van der Waals surface area contributed by atoms with E-state index in [9.17, 15) is 102 Å². The lowest BCUT2D eigenvalue weighted by atomic mass is 10.00. The third kappa shape index (κ3) is 30.2. The molecule has 0 saturated heterocycles. The van der Waals surface area contributed by atoms with Crippen LogP contribution in [-0.2, 0) is 76.7 Å². The van der Waals surface area contributed by atoms with Gasteiger partial charge in [-0.05, 0) is 69.6 Å². The van der Waals surface area contributed by atoms with Crippen molar-refractivity contribution in [2.24, 2.45) is 40.9 Å². The highest BCUT2D eigenvalue weighted by Gasteiger charge is 2.38. The number of carbonyl (C=O) groups is 16. The Labute approximate surface area is 507 Å². The number of aliphatic carboxylic acids is 3. The minimum atomic E-state index is -1.89. The Bertz CT molecular complexity index is 2490. The number of amides is 13. The maximum atomic E-state index is 13.9. The molecular formula is C53H90N14O21. The number of carbonyl (C=O) groups excluding carboxylic acids is 13. The summed E-state index contributed by atoms with van der Waals surface area (Å²) in [6.45, 7) is 12.8. The highest BCUT2D eigenvalue weighted by atomic mass is 16.4. The molecule has 0 aromatic carbocycles. The Balaban J connectivity index is 6.36. The van der Waals surface area contributed by atoms with Crippen LogP contribution in [0.2, 0.25) is 0 Å². The second kappa shape index (κ2) is 39.2. The molecule has 0 unspecified atom stereocenters. The highest BCUT2D eigenvalue weighted by molar-refractivity contribution is 5.99. The predicted molar refractivity (Wildman–Crippen MR) is 307 cm³/mol. The fourth-order valence-corrected chi connectivity index (χ4v) is 8.01. The molecule has 0 heterocycles. The Kier molecular flexibility index (Phi) is 35.4. The summed E-state index contributed by atoms with van der Waals surface area (Å²) in [6.07, 6.45) is -6.35. The SMILES string of the molecule is CC(C)C[C@H](NC(=O)[C@H](CCC(N)=O)NC(=O)[C@H](CO)NC(=O)[C@@H](NC(=O)CNC(=O)[C@@H](NC(=O)[C@@H](NC(=O)[C@H](CCC(=O)O)NC(=O)[C@H](CCC(=O)O)NC(=O)[C@@H](C)N)[C@@H](C)O)C(C)C)C(C)C)C(=O)N[C@@H](CCC(=O)O)C(=O)N[C@H](C(N)=O)C(C)C. The standard InChI is InChI=1S/C53H90N14O21/c1-22(2)19-32(49(84)60-30(13-17-37(74)75)47(82)65-39(23(3)4)43(56)78)62-46(81)28(11-15-34(55)70)61-50(85)33(21-68)63-52(87)41(25(7)8)64-35(71)20-57-51(86)40(24(5)6)66-53(88)42(27(10)69)67-48(83)31(14-18-38(76)77)59-45(80)29(12-16-36(72)73)58-44(79)26(9)54/h22-33,39-42,68-69H,11-21,54H2,1-10H3,(H2,55,70)(H2,56,78)(H,57,86)(H,58,79)(H,59,80)(H,60,84)(H,61,85)(H,62,81)(H,63,87)(H,64,71)(H,65,82)(H,66,88)(H,67,83)(H,72,73)(H,74,75)(H,76,77)/t26-,27-,28+,29+,30+,31+,32+,33+,39+,40+,41+,42+/m1/s1. The molecule has 0 radical (unpaired) electrons. The average Bonchev–Trinajstić information content (AvgIpc) is 3.27. The lowest BCUT2D eigenvalue weighted by Crippen LogP contribution is -2.62. The number of nitrogens with one attached hydrogen (secondary N) is 11. The molecule has 88 heavy (non-hydrogen) atoms. The molecule has 35 nitrogen and oxygen atoms in total. The quantitative estimate of drug-likeness (QED) is 0.0270. The number of aliphatic hydroxyl groups is 2. The fraction of sp³-hybridized carbons (Fsp3) is 0.698. The van der Waals surface area contributed by atoms with Gasteiger partial charge in [0.05, 0.1) is 25.3 Å². The van der Waals surface area contributed by atoms with Gasteiger partial charge in [0, 0.05) is 25.7 Å². The topological polar surface area (TPSA) is 585 Å². The molecule has 0 aliphatic rings. The van der Waals surface area contributed by atoms with E-state index in [0.29, 0.717) is 0 Å². The van der Waals surface area contributed by atoms with Crippen LogP contribution in [0.4, 0.5) is 0 Å². The Hall–Kier alpha value is -8.60. The zero-order valence-corrected chi connectivity index (χ0v) is 51.0. The Morgan fingerprint density at radius 3 is 1.05 bits per heavy atom. The number of hydrogen-bond acceptors (Lipinski definition) is 19. The van der Waals surface area contributed by atoms with Crippen LogP contribution in [0.1, 0.15) is 127 Å². The van der Waals surface area contributed by atoms with Crippen LogP contribution >= 0.6 is 0 Å². The van der Waals surface area contributed by atoms with Crippen LogP contribution < -0.4 is 75.7 Å². The first-order valence-corrected chi connectivity index (χ1v) is 28.3. The molecule has 12 atom stereocenters. The van der Waals surface area contributed by atoms with Crippen LogP contribution in [-0.4, -0.2) is 206 Å². The first-order chi connectivity index (χ1) is 40.7. The summed E-state index contributed by atoms with van der Waals surface area (Å²) in [7, 11) is 0. The van der Waals surface area contributed by atoms with Crippen molar-refractivity contribution in [2.75, 3.05) is 13.2 Å². The minimum Gasteiger partial charge on any atom is -0.481 e. The molecule has 0 spiro atoms. The van der Waals surface area contributed by atoms with Gasteiger partial charge in [-0.3, -0.25) is 76.7 Å². The van der Waals surface area contributed by atoms with Crippen LogP contribution in [0.15, 0.2) is 0 Å². The van der Waals surface area contributed by atoms with E-state index in [0.717, 1.165) is 6.92 Å². The molecule has 13 amide bonds. The van der Waals surface area contributed by atoms with Gasteiger partial charge in [0.1, 0.15) is 60.4 Å². The zero-order valence-electron chi connectivity index (χ0n) is 51.0. The first kappa shape index (κ1) is 79.4. The third-order valence-electron chi connectivity index (χ3n) is 13.0. The van der Waals surface area contributed by atoms with Gasteiger partial charge in [-0.2, -0.15) is 0 Å². The molecular weight excluding hydrogens is 1170 g/mol. The number of nitrogens with two attached hydrogens (primary N) is 3. The number of hydrogen-bond donors (Lipinski definition) is 19. The molecule has 0 aromatic heterocycles. The van der Waals surface area contributed by atoms with E-state index >= 15 is 0 Å². The number of carboxylic acid groups (broad SMARTS) is 3. The number of aliphatic hydroxyl groups excluding tert-OH is 2. The normalized spacial score (nSPS) is 15.3. The van der Waals surface area contributed by atoms with Crippen molar-refractivity contribution in [2.45, 2.75) is 200 Å². The molecule has 0 rings (SSSR count). The van der Waals surface area contributed by atoms with Gasteiger partial charge >= 0.3 is 17.9 Å². The van der Waals surface area contributed by atoms with Crippen molar-refractivity contribution < 1.29 is 102 Å². The second-order valence-corrected chi connectivity index (χ2v) is 22.4. The molecule has 498 valence electrons. The van der Waals surface area contributed by atoms with Gasteiger partial charge in [-0.25, -0.2) is 0 Å². The highest BCUT2D eigenvalue weighted by Crippen LogP contribution is 2.12. The van der Waals surface area contributed by atoms with E-state index in [1.807, 2.05) is 0 Å². The second-order valence-electron chi connectivity index (χ2n) is 22.4. The summed E-state index contributed by atoms with van der Waals surface area (Å²) >= 11 is 0. The van der Waals surface area contributed by atoms with Gasteiger partial charge < -0.3 is 101 Å². The van der Waals surface area contributed by atoms with Crippen molar-refractivity contribution in [1.82, 2.24) is 58.5 Å². The lowest BCUT2D eigenvalue weighted by molar-refractivity contribution is -0.140. The van der Waals surface area contributed by atoms with E-state index in [4.69, 9.17) is 17.2 Å². The van der Waals surface area contributed by atoms with Crippen LogP contribution in [0, 0.1) is 23.7 Å². The van der Waals surface area contributed by atoms with Gasteiger partial charge in [0.25, 0.3) is 0 Å². The largest absolute Gasteiger partial charge is 0.481 e. The van der Waals surface area contributed by atoms with Crippen molar-refractivity contribution >= 4 is 94.7 Å². The van der Waals surface area contributed by atoms with Gasteiger partial charge in [0.2, 0.25) is 76.8 Å². The van der Waals surface area contributed by atoms with Gasteiger partial charge in [-0.15, -0.1) is 0 Å². The third-order valence-corrected chi connectivity index (χ3v) is 13.0. The molecule has 35 heteroatoms. The van der Waals surface area contributed by atoms with Gasteiger partial charge in [-0.1, -0.05) is 55.4 Å². The van der Waals surface area contributed by atoms with E-state index in [1.54, 1.807) is 27.7 Å². The monoisotopic (exact) mass is 1260 g/mol. The Morgan fingerprint density at radius 1 is 0.375 bits per heavy atom.